The molecule has 1 atom stereocenters. The second-order valence-corrected chi connectivity index (χ2v) is 6.58. The summed E-state index contributed by atoms with van der Waals surface area (Å²) < 4.78 is 10.4. The molecule has 6 nitrogen and oxygen atoms in total. The van der Waals surface area contributed by atoms with Gasteiger partial charge in [0.1, 0.15) is 24.0 Å². The number of halogens is 2. The summed E-state index contributed by atoms with van der Waals surface area (Å²) in [5.41, 5.74) is 1.60. The fourth-order valence-corrected chi connectivity index (χ4v) is 3.24. The van der Waals surface area contributed by atoms with Gasteiger partial charge in [0.15, 0.2) is 0 Å². The Labute approximate surface area is 184 Å². The molecule has 160 valence electrons. The van der Waals surface area contributed by atoms with Gasteiger partial charge in [-0.05, 0) is 24.3 Å². The topological polar surface area (TPSA) is 62.2 Å². The first-order valence-electron chi connectivity index (χ1n) is 9.18. The van der Waals surface area contributed by atoms with Crippen LogP contribution in [0.1, 0.15) is 10.4 Å². The van der Waals surface area contributed by atoms with Crippen LogP contribution in [0, 0.1) is 0 Å². The van der Waals surface area contributed by atoms with Crippen LogP contribution in [-0.4, -0.2) is 68.5 Å². The highest BCUT2D eigenvalue weighted by molar-refractivity contribution is 5.92. The molecule has 29 heavy (non-hydrogen) atoms. The van der Waals surface area contributed by atoms with Gasteiger partial charge in [0.2, 0.25) is 0 Å². The Morgan fingerprint density at radius 3 is 2.28 bits per heavy atom. The van der Waals surface area contributed by atoms with Crippen molar-refractivity contribution in [3.05, 3.63) is 60.2 Å². The smallest absolute Gasteiger partial charge is 0.341 e. The molecule has 3 rings (SSSR count). The van der Waals surface area contributed by atoms with E-state index in [1.165, 1.54) is 12.8 Å². The van der Waals surface area contributed by atoms with Crippen molar-refractivity contribution in [2.75, 3.05) is 51.3 Å². The summed E-state index contributed by atoms with van der Waals surface area (Å²) in [6, 6.07) is 17.3. The summed E-state index contributed by atoms with van der Waals surface area (Å²) >= 11 is 0. The van der Waals surface area contributed by atoms with Gasteiger partial charge in [0, 0.05) is 38.4 Å². The molecular formula is C21H28Cl2N2O4. The third kappa shape index (κ3) is 7.08. The maximum atomic E-state index is 11.8. The summed E-state index contributed by atoms with van der Waals surface area (Å²) in [5, 5.41) is 10.3. The number of esters is 1. The van der Waals surface area contributed by atoms with Gasteiger partial charge in [0.25, 0.3) is 0 Å². The maximum Gasteiger partial charge on any atom is 0.341 e. The van der Waals surface area contributed by atoms with Crippen LogP contribution in [-0.2, 0) is 4.74 Å². The first kappa shape index (κ1) is 25.0. The quantitative estimate of drug-likeness (QED) is 0.665. The number of carbonyl (C=O) groups excluding carboxylic acids is 1. The van der Waals surface area contributed by atoms with Crippen LogP contribution in [0.5, 0.6) is 5.75 Å². The number of aliphatic hydroxyl groups is 1. The molecular weight excluding hydrogens is 415 g/mol. The van der Waals surface area contributed by atoms with E-state index in [2.05, 4.69) is 34.1 Å². The van der Waals surface area contributed by atoms with Gasteiger partial charge < -0.3 is 19.5 Å². The van der Waals surface area contributed by atoms with Gasteiger partial charge >= 0.3 is 5.97 Å². The SMILES string of the molecule is COC(=O)c1ccccc1OCC(O)CN1CCN(c2ccccc2)CC1.Cl.Cl. The minimum atomic E-state index is -0.626. The number of aliphatic hydroxyl groups excluding tert-OH is 1. The number of carbonyl (C=O) groups is 1. The van der Waals surface area contributed by atoms with Crippen LogP contribution >= 0.6 is 24.8 Å². The molecule has 0 aliphatic carbocycles. The van der Waals surface area contributed by atoms with Crippen molar-refractivity contribution in [1.82, 2.24) is 4.90 Å². The van der Waals surface area contributed by atoms with Gasteiger partial charge in [-0.25, -0.2) is 4.79 Å². The number of benzene rings is 2. The zero-order valence-corrected chi connectivity index (χ0v) is 18.0. The van der Waals surface area contributed by atoms with Gasteiger partial charge in [-0.1, -0.05) is 30.3 Å². The van der Waals surface area contributed by atoms with E-state index in [-0.39, 0.29) is 31.4 Å². The van der Waals surface area contributed by atoms with Crippen LogP contribution < -0.4 is 9.64 Å². The van der Waals surface area contributed by atoms with Gasteiger partial charge in [-0.3, -0.25) is 4.90 Å². The predicted octanol–water partition coefficient (Wildman–Crippen LogP) is 2.88. The number of hydrogen-bond acceptors (Lipinski definition) is 6. The lowest BCUT2D eigenvalue weighted by atomic mass is 10.2. The summed E-state index contributed by atoms with van der Waals surface area (Å²) in [6.07, 6.45) is -0.626. The van der Waals surface area contributed by atoms with Crippen LogP contribution in [0.25, 0.3) is 0 Å². The van der Waals surface area contributed by atoms with E-state index in [1.807, 2.05) is 6.07 Å². The number of β-amino-alcohol motifs (C(OH)–C–C–N with tert-alkyl or cyclic N) is 1. The van der Waals surface area contributed by atoms with Crippen LogP contribution in [0.15, 0.2) is 54.6 Å². The lowest BCUT2D eigenvalue weighted by molar-refractivity contribution is 0.0563. The van der Waals surface area contributed by atoms with Crippen LogP contribution in [0.3, 0.4) is 0 Å². The highest BCUT2D eigenvalue weighted by atomic mass is 35.5. The number of anilines is 1. The standard InChI is InChI=1S/C21H26N2O4.2ClH/c1-26-21(25)19-9-5-6-10-20(19)27-16-18(24)15-22-11-13-23(14-12-22)17-7-3-2-4-8-17;;/h2-10,18,24H,11-16H2,1H3;2*1H. The molecule has 0 saturated carbocycles. The van der Waals surface area contributed by atoms with E-state index in [4.69, 9.17) is 9.47 Å². The predicted molar refractivity (Wildman–Crippen MR) is 119 cm³/mol. The molecule has 0 amide bonds. The fraction of sp³-hybridized carbons (Fsp3) is 0.381. The molecule has 0 spiro atoms. The lowest BCUT2D eigenvalue weighted by Crippen LogP contribution is -2.49. The average Bonchev–Trinajstić information content (AvgIpc) is 2.73. The van der Waals surface area contributed by atoms with Crippen molar-refractivity contribution in [1.29, 1.82) is 0 Å². The number of para-hydroxylation sites is 2. The summed E-state index contributed by atoms with van der Waals surface area (Å²) in [4.78, 5) is 16.4. The van der Waals surface area contributed by atoms with Crippen molar-refractivity contribution >= 4 is 36.5 Å². The number of hydrogen-bond donors (Lipinski definition) is 1. The number of rotatable bonds is 7. The Morgan fingerprint density at radius 1 is 1.00 bits per heavy atom. The molecule has 0 bridgehead atoms. The normalized spacial score (nSPS) is 14.9. The summed E-state index contributed by atoms with van der Waals surface area (Å²) in [7, 11) is 1.34. The molecule has 1 saturated heterocycles. The zero-order valence-electron chi connectivity index (χ0n) is 16.4. The van der Waals surface area contributed by atoms with E-state index in [0.717, 1.165) is 26.2 Å². The molecule has 8 heteroatoms. The van der Waals surface area contributed by atoms with Crippen LogP contribution in [0.2, 0.25) is 0 Å². The molecule has 0 radical (unpaired) electrons. The molecule has 1 fully saturated rings. The highest BCUT2D eigenvalue weighted by Gasteiger charge is 2.20. The second-order valence-electron chi connectivity index (χ2n) is 6.58. The first-order chi connectivity index (χ1) is 13.2. The molecule has 0 aromatic heterocycles. The molecule has 1 aliphatic heterocycles. The van der Waals surface area contributed by atoms with E-state index in [0.29, 0.717) is 17.9 Å². The lowest BCUT2D eigenvalue weighted by Gasteiger charge is -2.36. The Balaban J connectivity index is 0.00000210. The van der Waals surface area contributed by atoms with Crippen molar-refractivity contribution in [2.45, 2.75) is 6.10 Å². The van der Waals surface area contributed by atoms with Gasteiger partial charge in [-0.15, -0.1) is 24.8 Å². The van der Waals surface area contributed by atoms with Crippen LogP contribution in [0.4, 0.5) is 5.69 Å². The maximum absolute atomic E-state index is 11.8. The minimum Gasteiger partial charge on any atom is -0.490 e. The van der Waals surface area contributed by atoms with E-state index in [9.17, 15) is 9.90 Å². The van der Waals surface area contributed by atoms with E-state index >= 15 is 0 Å². The monoisotopic (exact) mass is 442 g/mol. The first-order valence-corrected chi connectivity index (χ1v) is 9.18. The minimum absolute atomic E-state index is 0. The third-order valence-electron chi connectivity index (χ3n) is 4.69. The number of methoxy groups -OCH3 is 1. The highest BCUT2D eigenvalue weighted by Crippen LogP contribution is 2.19. The molecule has 1 N–H and O–H groups in total. The number of piperazine rings is 1. The van der Waals surface area contributed by atoms with Crippen molar-refractivity contribution in [2.24, 2.45) is 0 Å². The Morgan fingerprint density at radius 2 is 1.62 bits per heavy atom. The van der Waals surface area contributed by atoms with Gasteiger partial charge in [0.05, 0.1) is 7.11 Å². The average molecular weight is 443 g/mol. The third-order valence-corrected chi connectivity index (χ3v) is 4.69. The second kappa shape index (κ2) is 12.5. The van der Waals surface area contributed by atoms with E-state index < -0.39 is 12.1 Å². The van der Waals surface area contributed by atoms with E-state index in [1.54, 1.807) is 24.3 Å². The Hall–Kier alpha value is -1.99. The van der Waals surface area contributed by atoms with Crippen molar-refractivity contribution < 1.29 is 19.4 Å². The molecule has 2 aromatic carbocycles. The molecule has 1 aliphatic rings. The number of nitrogens with zero attached hydrogens (tertiary/aromatic N) is 2. The fourth-order valence-electron chi connectivity index (χ4n) is 3.24. The van der Waals surface area contributed by atoms with Crippen molar-refractivity contribution in [3.63, 3.8) is 0 Å². The largest absolute Gasteiger partial charge is 0.490 e. The van der Waals surface area contributed by atoms with Gasteiger partial charge in [-0.2, -0.15) is 0 Å². The summed E-state index contributed by atoms with van der Waals surface area (Å²) in [6.45, 7) is 4.33. The number of ether oxygens (including phenoxy) is 2. The summed E-state index contributed by atoms with van der Waals surface area (Å²) in [5.74, 6) is -0.0191. The Bertz CT molecular complexity index is 740. The molecule has 1 unspecified atom stereocenters. The molecule has 2 aromatic rings. The Kier molecular flexibility index (Phi) is 10.8. The van der Waals surface area contributed by atoms with Crippen molar-refractivity contribution in [3.8, 4) is 5.75 Å². The zero-order chi connectivity index (χ0) is 19.1. The molecule has 1 heterocycles.